The van der Waals surface area contributed by atoms with E-state index in [4.69, 9.17) is 14.5 Å². The Balaban J connectivity index is 1.61. The van der Waals surface area contributed by atoms with Crippen molar-refractivity contribution in [2.24, 2.45) is 0 Å². The number of tetrazole rings is 1. The van der Waals surface area contributed by atoms with Crippen LogP contribution in [0.25, 0.3) is 33.7 Å². The number of H-pyrrole nitrogens is 1. The van der Waals surface area contributed by atoms with Crippen molar-refractivity contribution in [1.82, 2.24) is 39.3 Å². The van der Waals surface area contributed by atoms with Gasteiger partial charge in [-0.05, 0) is 27.1 Å². The SMILES string of the molecule is COCCn1c(=O)c2c(nc(C(C)C)n2Cc2ccc(-c3ccccc3-c3nnn[nH]3)cc2)n(CC(=O)OC)c1=O. The van der Waals surface area contributed by atoms with Gasteiger partial charge in [0.15, 0.2) is 17.0 Å². The standard InChI is InChI=1S/C28H30N8O5/c1-17(2)25-29-26-23(27(38)34(13-14-40-3)28(39)36(26)16-22(37)41-4)35(25)15-18-9-11-19(12-10-18)20-7-5-6-8-21(20)24-30-32-33-31-24/h5-12,17H,13-16H2,1-4H3,(H,30,31,32,33). The quantitative estimate of drug-likeness (QED) is 0.254. The van der Waals surface area contributed by atoms with Crippen molar-refractivity contribution in [1.29, 1.82) is 0 Å². The van der Waals surface area contributed by atoms with Crippen LogP contribution in [0.4, 0.5) is 0 Å². The molecule has 41 heavy (non-hydrogen) atoms. The van der Waals surface area contributed by atoms with E-state index in [-0.39, 0.29) is 36.8 Å². The summed E-state index contributed by atoms with van der Waals surface area (Å²) in [6, 6.07) is 15.8. The number of imidazole rings is 1. The lowest BCUT2D eigenvalue weighted by Crippen LogP contribution is -2.42. The number of methoxy groups -OCH3 is 2. The maximum atomic E-state index is 13.7. The van der Waals surface area contributed by atoms with Crippen LogP contribution in [0.15, 0.2) is 58.1 Å². The molecule has 0 fully saturated rings. The molecule has 0 amide bonds. The number of hydrogen-bond acceptors (Lipinski definition) is 9. The van der Waals surface area contributed by atoms with Crippen LogP contribution in [0.2, 0.25) is 0 Å². The first-order valence-corrected chi connectivity index (χ1v) is 13.1. The molecule has 2 aromatic carbocycles. The normalized spacial score (nSPS) is 11.4. The lowest BCUT2D eigenvalue weighted by atomic mass is 9.98. The molecule has 5 aromatic rings. The topological polar surface area (TPSA) is 152 Å². The second-order valence-corrected chi connectivity index (χ2v) is 9.77. The number of aromatic amines is 1. The number of hydrogen-bond donors (Lipinski definition) is 1. The molecule has 3 aromatic heterocycles. The summed E-state index contributed by atoms with van der Waals surface area (Å²) in [4.78, 5) is 43.9. The molecule has 0 saturated heterocycles. The van der Waals surface area contributed by atoms with Gasteiger partial charge in [0.2, 0.25) is 0 Å². The molecule has 0 saturated carbocycles. The maximum Gasteiger partial charge on any atom is 0.333 e. The summed E-state index contributed by atoms with van der Waals surface area (Å²) in [6.07, 6.45) is 0. The Morgan fingerprint density at radius 3 is 2.34 bits per heavy atom. The molecule has 0 spiro atoms. The van der Waals surface area contributed by atoms with E-state index in [9.17, 15) is 14.4 Å². The molecule has 5 rings (SSSR count). The highest BCUT2D eigenvalue weighted by Gasteiger charge is 2.24. The number of rotatable bonds is 10. The minimum absolute atomic E-state index is 0.0300. The minimum Gasteiger partial charge on any atom is -0.468 e. The fourth-order valence-electron chi connectivity index (χ4n) is 4.81. The molecule has 212 valence electrons. The van der Waals surface area contributed by atoms with Gasteiger partial charge in [0, 0.05) is 25.1 Å². The van der Waals surface area contributed by atoms with Crippen molar-refractivity contribution in [2.75, 3.05) is 20.8 Å². The number of fused-ring (bicyclic) bond motifs is 1. The Kier molecular flexibility index (Phi) is 7.88. The van der Waals surface area contributed by atoms with Gasteiger partial charge in [0.25, 0.3) is 5.56 Å². The van der Waals surface area contributed by atoms with E-state index in [0.29, 0.717) is 18.2 Å². The first kappa shape index (κ1) is 27.6. The van der Waals surface area contributed by atoms with E-state index in [1.807, 2.05) is 66.9 Å². The van der Waals surface area contributed by atoms with Gasteiger partial charge in [0.1, 0.15) is 12.4 Å². The van der Waals surface area contributed by atoms with Crippen LogP contribution >= 0.6 is 0 Å². The van der Waals surface area contributed by atoms with Crippen LogP contribution in [0, 0.1) is 0 Å². The predicted octanol–water partition coefficient (Wildman–Crippen LogP) is 2.20. The molecular formula is C28H30N8O5. The first-order valence-electron chi connectivity index (χ1n) is 13.1. The fraction of sp³-hybridized carbons (Fsp3) is 0.321. The third-order valence-electron chi connectivity index (χ3n) is 6.83. The van der Waals surface area contributed by atoms with E-state index < -0.39 is 17.2 Å². The van der Waals surface area contributed by atoms with Crippen LogP contribution in [0.5, 0.6) is 0 Å². The van der Waals surface area contributed by atoms with Gasteiger partial charge in [0.05, 0.1) is 20.3 Å². The lowest BCUT2D eigenvalue weighted by molar-refractivity contribution is -0.141. The van der Waals surface area contributed by atoms with E-state index in [1.54, 1.807) is 0 Å². The summed E-state index contributed by atoms with van der Waals surface area (Å²) in [5.74, 6) is 0.492. The van der Waals surface area contributed by atoms with Crippen molar-refractivity contribution >= 4 is 17.1 Å². The van der Waals surface area contributed by atoms with Crippen molar-refractivity contribution < 1.29 is 14.3 Å². The number of carbonyl (C=O) groups is 1. The van der Waals surface area contributed by atoms with Gasteiger partial charge in [-0.2, -0.15) is 0 Å². The number of carbonyl (C=O) groups excluding carboxylic acids is 1. The average Bonchev–Trinajstić information content (AvgIpc) is 3.65. The Hall–Kier alpha value is -4.91. The Labute approximate surface area is 234 Å². The molecule has 0 aliphatic carbocycles. The third-order valence-corrected chi connectivity index (χ3v) is 6.83. The van der Waals surface area contributed by atoms with Gasteiger partial charge < -0.3 is 14.0 Å². The number of benzene rings is 2. The van der Waals surface area contributed by atoms with Gasteiger partial charge in [-0.1, -0.05) is 62.4 Å². The van der Waals surface area contributed by atoms with E-state index in [2.05, 4.69) is 20.6 Å². The summed E-state index contributed by atoms with van der Waals surface area (Å²) in [5, 5.41) is 14.2. The fourth-order valence-corrected chi connectivity index (χ4v) is 4.81. The van der Waals surface area contributed by atoms with Gasteiger partial charge in [-0.25, -0.2) is 14.9 Å². The van der Waals surface area contributed by atoms with Crippen LogP contribution in [0.3, 0.4) is 0 Å². The van der Waals surface area contributed by atoms with Gasteiger partial charge in [-0.15, -0.1) is 5.10 Å². The minimum atomic E-state index is -0.644. The highest BCUT2D eigenvalue weighted by molar-refractivity contribution is 5.80. The zero-order valence-electron chi connectivity index (χ0n) is 23.2. The van der Waals surface area contributed by atoms with Crippen LogP contribution < -0.4 is 11.2 Å². The third kappa shape index (κ3) is 5.31. The molecule has 0 aliphatic rings. The number of esters is 1. The number of nitrogens with one attached hydrogen (secondary N) is 1. The van der Waals surface area contributed by atoms with E-state index in [0.717, 1.165) is 26.8 Å². The zero-order valence-corrected chi connectivity index (χ0v) is 23.2. The molecule has 1 N–H and O–H groups in total. The summed E-state index contributed by atoms with van der Waals surface area (Å²) in [7, 11) is 2.73. The zero-order chi connectivity index (χ0) is 29.1. The largest absolute Gasteiger partial charge is 0.468 e. The van der Waals surface area contributed by atoms with Gasteiger partial charge in [-0.3, -0.25) is 18.7 Å². The molecule has 0 unspecified atom stereocenters. The molecule has 0 atom stereocenters. The number of nitrogens with zero attached hydrogens (tertiary/aromatic N) is 7. The van der Waals surface area contributed by atoms with Crippen molar-refractivity contribution in [3.63, 3.8) is 0 Å². The molecule has 3 heterocycles. The highest BCUT2D eigenvalue weighted by Crippen LogP contribution is 2.30. The molecule has 13 nitrogen and oxygen atoms in total. The summed E-state index contributed by atoms with van der Waals surface area (Å²) >= 11 is 0. The lowest BCUT2D eigenvalue weighted by Gasteiger charge is -2.14. The molecule has 13 heteroatoms. The Morgan fingerprint density at radius 1 is 0.976 bits per heavy atom. The predicted molar refractivity (Wildman–Crippen MR) is 150 cm³/mol. The molecule has 0 aliphatic heterocycles. The summed E-state index contributed by atoms with van der Waals surface area (Å²) in [6.45, 7) is 4.06. The second kappa shape index (κ2) is 11.7. The monoisotopic (exact) mass is 558 g/mol. The molecule has 0 radical (unpaired) electrons. The average molecular weight is 559 g/mol. The maximum absolute atomic E-state index is 13.7. The van der Waals surface area contributed by atoms with Crippen LogP contribution in [0.1, 0.15) is 31.2 Å². The van der Waals surface area contributed by atoms with E-state index in [1.165, 1.54) is 18.8 Å². The number of aromatic nitrogens is 8. The number of ether oxygens (including phenoxy) is 2. The van der Waals surface area contributed by atoms with Crippen molar-refractivity contribution in [3.8, 4) is 22.5 Å². The van der Waals surface area contributed by atoms with Gasteiger partial charge >= 0.3 is 11.7 Å². The smallest absolute Gasteiger partial charge is 0.333 e. The Morgan fingerprint density at radius 2 is 1.71 bits per heavy atom. The molecular weight excluding hydrogens is 528 g/mol. The molecule has 0 bridgehead atoms. The summed E-state index contributed by atoms with van der Waals surface area (Å²) < 4.78 is 14.0. The summed E-state index contributed by atoms with van der Waals surface area (Å²) in [5.41, 5.74) is 2.96. The second-order valence-electron chi connectivity index (χ2n) is 9.77. The van der Waals surface area contributed by atoms with Crippen LogP contribution in [-0.2, 0) is 33.9 Å². The van der Waals surface area contributed by atoms with Crippen molar-refractivity contribution in [3.05, 3.63) is 80.8 Å². The Bertz CT molecular complexity index is 1800. The van der Waals surface area contributed by atoms with Crippen LogP contribution in [-0.4, -0.2) is 66.1 Å². The van der Waals surface area contributed by atoms with Crippen molar-refractivity contribution in [2.45, 2.75) is 39.4 Å². The van der Waals surface area contributed by atoms with E-state index >= 15 is 0 Å². The highest BCUT2D eigenvalue weighted by atomic mass is 16.5. The first-order chi connectivity index (χ1) is 19.8.